The highest BCUT2D eigenvalue weighted by Crippen LogP contribution is 2.30. The predicted molar refractivity (Wildman–Crippen MR) is 63.8 cm³/mol. The van der Waals surface area contributed by atoms with Gasteiger partial charge in [0.15, 0.2) is 0 Å². The highest BCUT2D eigenvalue weighted by Gasteiger charge is 2.25. The van der Waals surface area contributed by atoms with Gasteiger partial charge in [-0.15, -0.1) is 0 Å². The zero-order valence-corrected chi connectivity index (χ0v) is 10.8. The van der Waals surface area contributed by atoms with Crippen LogP contribution in [0.2, 0.25) is 5.15 Å². The van der Waals surface area contributed by atoms with Crippen molar-refractivity contribution in [2.45, 2.75) is 6.04 Å². The second kappa shape index (κ2) is 5.27. The molecule has 16 heavy (non-hydrogen) atoms. The number of aliphatic hydroxyl groups excluding tert-OH is 1. The number of nitrogens with zero attached hydrogens (tertiary/aromatic N) is 3. The van der Waals surface area contributed by atoms with Crippen LogP contribution in [0.5, 0.6) is 0 Å². The molecule has 0 aliphatic carbocycles. The van der Waals surface area contributed by atoms with Gasteiger partial charge >= 0.3 is 0 Å². The van der Waals surface area contributed by atoms with Crippen LogP contribution in [0.15, 0.2) is 10.8 Å². The molecule has 5 nitrogen and oxygen atoms in total. The Morgan fingerprint density at radius 2 is 2.44 bits per heavy atom. The molecule has 0 radical (unpaired) electrons. The summed E-state index contributed by atoms with van der Waals surface area (Å²) in [4.78, 5) is 10.0. The van der Waals surface area contributed by atoms with E-state index in [0.717, 1.165) is 0 Å². The zero-order chi connectivity index (χ0) is 11.5. The lowest BCUT2D eigenvalue weighted by Crippen LogP contribution is -2.48. The van der Waals surface area contributed by atoms with Crippen LogP contribution < -0.4 is 4.90 Å². The molecule has 1 fully saturated rings. The third-order valence-corrected chi connectivity index (χ3v) is 3.68. The van der Waals surface area contributed by atoms with E-state index in [1.54, 1.807) is 0 Å². The molecular weight excluding hydrogens is 297 g/mol. The van der Waals surface area contributed by atoms with E-state index in [-0.39, 0.29) is 12.6 Å². The molecule has 1 unspecified atom stereocenters. The first-order chi connectivity index (χ1) is 7.74. The van der Waals surface area contributed by atoms with Gasteiger partial charge in [0.2, 0.25) is 0 Å². The average Bonchev–Trinajstić information content (AvgIpc) is 2.33. The molecule has 0 bridgehead atoms. The maximum Gasteiger partial charge on any atom is 0.148 e. The van der Waals surface area contributed by atoms with Gasteiger partial charge in [-0.1, -0.05) is 11.6 Å². The topological polar surface area (TPSA) is 58.5 Å². The molecule has 1 aromatic rings. The van der Waals surface area contributed by atoms with E-state index in [9.17, 15) is 5.11 Å². The standard InChI is InChI=1S/C9H11BrClN3O2/c10-7-8(11)12-5-13-9(7)14-1-2-16-4-6(14)3-15/h5-6,15H,1-4H2. The van der Waals surface area contributed by atoms with Crippen molar-refractivity contribution in [1.29, 1.82) is 0 Å². The Hall–Kier alpha value is -0.430. The van der Waals surface area contributed by atoms with Gasteiger partial charge in [-0.2, -0.15) is 0 Å². The molecule has 88 valence electrons. The number of ether oxygens (including phenoxy) is 1. The summed E-state index contributed by atoms with van der Waals surface area (Å²) < 4.78 is 5.95. The molecule has 0 aromatic carbocycles. The first-order valence-electron chi connectivity index (χ1n) is 4.85. The normalized spacial score (nSPS) is 21.2. The minimum absolute atomic E-state index is 0.0219. The number of aromatic nitrogens is 2. The smallest absolute Gasteiger partial charge is 0.148 e. The summed E-state index contributed by atoms with van der Waals surface area (Å²) in [6, 6.07) is -0.0870. The lowest BCUT2D eigenvalue weighted by Gasteiger charge is -2.35. The van der Waals surface area contributed by atoms with Gasteiger partial charge in [0.1, 0.15) is 17.3 Å². The summed E-state index contributed by atoms with van der Waals surface area (Å²) in [6.07, 6.45) is 1.41. The van der Waals surface area contributed by atoms with Gasteiger partial charge in [-0.3, -0.25) is 0 Å². The fraction of sp³-hybridized carbons (Fsp3) is 0.556. The highest BCUT2D eigenvalue weighted by atomic mass is 79.9. The molecule has 0 saturated carbocycles. The van der Waals surface area contributed by atoms with Crippen LogP contribution in [0.1, 0.15) is 0 Å². The summed E-state index contributed by atoms with van der Waals surface area (Å²) in [5, 5.41) is 9.64. The van der Waals surface area contributed by atoms with Crippen molar-refractivity contribution in [2.24, 2.45) is 0 Å². The Kier molecular flexibility index (Phi) is 3.96. The zero-order valence-electron chi connectivity index (χ0n) is 8.44. The summed E-state index contributed by atoms with van der Waals surface area (Å²) >= 11 is 9.26. The van der Waals surface area contributed by atoms with Crippen LogP contribution >= 0.6 is 27.5 Å². The van der Waals surface area contributed by atoms with Gasteiger partial charge in [0.05, 0.1) is 30.3 Å². The van der Waals surface area contributed by atoms with E-state index in [1.165, 1.54) is 6.33 Å². The van der Waals surface area contributed by atoms with Gasteiger partial charge in [-0.05, 0) is 15.9 Å². The van der Waals surface area contributed by atoms with Crippen molar-refractivity contribution in [3.05, 3.63) is 16.0 Å². The number of halogens is 2. The van der Waals surface area contributed by atoms with Gasteiger partial charge < -0.3 is 14.7 Å². The molecule has 2 rings (SSSR count). The summed E-state index contributed by atoms with van der Waals surface area (Å²) in [5.74, 6) is 0.697. The van der Waals surface area contributed by atoms with Crippen LogP contribution in [-0.4, -0.2) is 47.5 Å². The third kappa shape index (κ3) is 2.29. The molecule has 2 heterocycles. The maximum absolute atomic E-state index is 9.27. The minimum Gasteiger partial charge on any atom is -0.394 e. The SMILES string of the molecule is OCC1COCCN1c1ncnc(Cl)c1Br. The average molecular weight is 309 g/mol. The van der Waals surface area contributed by atoms with Crippen LogP contribution in [-0.2, 0) is 4.74 Å². The van der Waals surface area contributed by atoms with E-state index in [4.69, 9.17) is 16.3 Å². The molecule has 1 N–H and O–H groups in total. The predicted octanol–water partition coefficient (Wildman–Crippen LogP) is 1.09. The number of morpholine rings is 1. The number of aliphatic hydroxyl groups is 1. The number of hydrogen-bond acceptors (Lipinski definition) is 5. The molecule has 0 amide bonds. The first-order valence-corrected chi connectivity index (χ1v) is 6.02. The molecule has 0 spiro atoms. The van der Waals surface area contributed by atoms with Crippen molar-refractivity contribution >= 4 is 33.3 Å². The van der Waals surface area contributed by atoms with E-state index in [1.807, 2.05) is 4.90 Å². The van der Waals surface area contributed by atoms with E-state index >= 15 is 0 Å². The quantitative estimate of drug-likeness (QED) is 0.829. The highest BCUT2D eigenvalue weighted by molar-refractivity contribution is 9.10. The fourth-order valence-electron chi connectivity index (χ4n) is 1.63. The number of hydrogen-bond donors (Lipinski definition) is 1. The summed E-state index contributed by atoms with van der Waals surface area (Å²) in [7, 11) is 0. The maximum atomic E-state index is 9.27. The summed E-state index contributed by atoms with van der Waals surface area (Å²) in [5.41, 5.74) is 0. The van der Waals surface area contributed by atoms with Crippen LogP contribution in [0.4, 0.5) is 5.82 Å². The lowest BCUT2D eigenvalue weighted by atomic mass is 10.2. The molecule has 1 saturated heterocycles. The van der Waals surface area contributed by atoms with E-state index in [0.29, 0.717) is 35.2 Å². The Morgan fingerprint density at radius 3 is 3.19 bits per heavy atom. The van der Waals surface area contributed by atoms with Crippen molar-refractivity contribution in [2.75, 3.05) is 31.3 Å². The molecule has 1 aliphatic heterocycles. The number of rotatable bonds is 2. The number of anilines is 1. The minimum atomic E-state index is -0.0870. The molecule has 1 aromatic heterocycles. The van der Waals surface area contributed by atoms with Gasteiger partial charge in [0, 0.05) is 6.54 Å². The first kappa shape index (κ1) is 12.0. The van der Waals surface area contributed by atoms with Crippen molar-refractivity contribution in [3.63, 3.8) is 0 Å². The van der Waals surface area contributed by atoms with E-state index < -0.39 is 0 Å². The summed E-state index contributed by atoms with van der Waals surface area (Å²) in [6.45, 7) is 1.81. The molecule has 1 aliphatic rings. The van der Waals surface area contributed by atoms with Crippen LogP contribution in [0.3, 0.4) is 0 Å². The Bertz CT molecular complexity index is 380. The van der Waals surface area contributed by atoms with Crippen molar-refractivity contribution in [3.8, 4) is 0 Å². The second-order valence-electron chi connectivity index (χ2n) is 3.41. The van der Waals surface area contributed by atoms with Gasteiger partial charge in [-0.25, -0.2) is 9.97 Å². The van der Waals surface area contributed by atoms with Gasteiger partial charge in [0.25, 0.3) is 0 Å². The van der Waals surface area contributed by atoms with Crippen LogP contribution in [0.25, 0.3) is 0 Å². The Morgan fingerprint density at radius 1 is 1.62 bits per heavy atom. The molecule has 7 heteroatoms. The van der Waals surface area contributed by atoms with Crippen LogP contribution in [0, 0.1) is 0 Å². The fourth-order valence-corrected chi connectivity index (χ4v) is 2.19. The third-order valence-electron chi connectivity index (χ3n) is 2.44. The monoisotopic (exact) mass is 307 g/mol. The Balaban J connectivity index is 2.30. The second-order valence-corrected chi connectivity index (χ2v) is 4.56. The lowest BCUT2D eigenvalue weighted by molar-refractivity contribution is 0.0722. The largest absolute Gasteiger partial charge is 0.394 e. The van der Waals surface area contributed by atoms with Crippen molar-refractivity contribution in [1.82, 2.24) is 9.97 Å². The Labute approximate surface area is 107 Å². The molecular formula is C9H11BrClN3O2. The van der Waals surface area contributed by atoms with E-state index in [2.05, 4.69) is 25.9 Å². The van der Waals surface area contributed by atoms with Crippen molar-refractivity contribution < 1.29 is 9.84 Å². The molecule has 1 atom stereocenters.